The molecule has 0 radical (unpaired) electrons. The van der Waals surface area contributed by atoms with E-state index in [0.29, 0.717) is 0 Å². The minimum absolute atomic E-state index is 0.0590. The van der Waals surface area contributed by atoms with Crippen LogP contribution in [0.2, 0.25) is 5.02 Å². The molecule has 1 aliphatic heterocycles. The lowest BCUT2D eigenvalue weighted by atomic mass is 10.2. The highest BCUT2D eigenvalue weighted by atomic mass is 35.5. The maximum atomic E-state index is 5.83. The van der Waals surface area contributed by atoms with Gasteiger partial charge in [-0.1, -0.05) is 23.7 Å². The summed E-state index contributed by atoms with van der Waals surface area (Å²) in [5.41, 5.74) is 12.5. The van der Waals surface area contributed by atoms with E-state index in [1.165, 1.54) is 0 Å². The average molecular weight is 185 g/mol. The number of hydrogen-bond acceptors (Lipinski definition) is 4. The van der Waals surface area contributed by atoms with Gasteiger partial charge in [0.2, 0.25) is 0 Å². The van der Waals surface area contributed by atoms with E-state index in [1.54, 1.807) is 0 Å². The van der Waals surface area contributed by atoms with Gasteiger partial charge in [-0.05, 0) is 17.7 Å². The van der Waals surface area contributed by atoms with Crippen molar-refractivity contribution in [3.05, 3.63) is 34.9 Å². The summed E-state index contributed by atoms with van der Waals surface area (Å²) in [6.07, 6.45) is 0.0590. The molecule has 1 heterocycles. The van der Waals surface area contributed by atoms with Gasteiger partial charge in [0.15, 0.2) is 0 Å². The van der Waals surface area contributed by atoms with E-state index >= 15 is 0 Å². The largest absolute Gasteiger partial charge is 0.221 e. The average Bonchev–Trinajstić information content (AvgIpc) is 2.56. The quantitative estimate of drug-likeness (QED) is 0.512. The Balaban J connectivity index is 2.21. The predicted molar refractivity (Wildman–Crippen MR) is 46.7 cm³/mol. The highest BCUT2D eigenvalue weighted by Gasteiger charge is 2.13. The fourth-order valence-corrected chi connectivity index (χ4v) is 1.30. The van der Waals surface area contributed by atoms with Crippen molar-refractivity contribution in [3.63, 3.8) is 0 Å². The molecule has 0 unspecified atom stereocenters. The molecular formula is C7H9ClN4. The van der Waals surface area contributed by atoms with Crippen LogP contribution in [-0.2, 0) is 0 Å². The number of hydrogen-bond donors (Lipinski definition) is 4. The first kappa shape index (κ1) is 7.97. The number of benzene rings is 1. The van der Waals surface area contributed by atoms with Crippen LogP contribution < -0.4 is 21.9 Å². The molecule has 0 saturated carbocycles. The van der Waals surface area contributed by atoms with Crippen molar-refractivity contribution in [2.45, 2.75) is 6.17 Å². The van der Waals surface area contributed by atoms with Crippen LogP contribution in [0.25, 0.3) is 0 Å². The highest BCUT2D eigenvalue weighted by Crippen LogP contribution is 2.15. The number of halogens is 1. The predicted octanol–water partition coefficient (Wildman–Crippen LogP) is 0.456. The van der Waals surface area contributed by atoms with E-state index in [0.717, 1.165) is 10.6 Å². The summed E-state index contributed by atoms with van der Waals surface area (Å²) in [4.78, 5) is 0. The van der Waals surface area contributed by atoms with Crippen LogP contribution in [0.5, 0.6) is 0 Å². The number of rotatable bonds is 1. The highest BCUT2D eigenvalue weighted by molar-refractivity contribution is 6.30. The van der Waals surface area contributed by atoms with E-state index < -0.39 is 0 Å². The Bertz CT molecular complexity index is 272. The molecule has 1 aromatic carbocycles. The van der Waals surface area contributed by atoms with Crippen LogP contribution in [0, 0.1) is 0 Å². The number of hydrazine groups is 3. The van der Waals surface area contributed by atoms with Crippen molar-refractivity contribution in [1.82, 2.24) is 21.9 Å². The summed E-state index contributed by atoms with van der Waals surface area (Å²) in [5.74, 6) is 0. The lowest BCUT2D eigenvalue weighted by molar-refractivity contribution is 0.554. The summed E-state index contributed by atoms with van der Waals surface area (Å²) in [7, 11) is 0. The smallest absolute Gasteiger partial charge is 0.111 e. The molecule has 0 spiro atoms. The molecule has 1 saturated heterocycles. The molecule has 64 valence electrons. The Kier molecular flexibility index (Phi) is 2.25. The molecule has 1 fully saturated rings. The topological polar surface area (TPSA) is 48.1 Å². The van der Waals surface area contributed by atoms with Crippen LogP contribution in [0.4, 0.5) is 0 Å². The van der Waals surface area contributed by atoms with Gasteiger partial charge in [-0.15, -0.1) is 0 Å². The zero-order valence-corrected chi connectivity index (χ0v) is 7.02. The van der Waals surface area contributed by atoms with Gasteiger partial charge in [0, 0.05) is 5.02 Å². The normalized spacial score (nSPS) is 18.4. The molecule has 4 nitrogen and oxygen atoms in total. The third-order valence-electron chi connectivity index (χ3n) is 1.68. The fourth-order valence-electron chi connectivity index (χ4n) is 1.11. The van der Waals surface area contributed by atoms with Crippen molar-refractivity contribution < 1.29 is 0 Å². The van der Waals surface area contributed by atoms with Gasteiger partial charge in [-0.3, -0.25) is 0 Å². The van der Waals surface area contributed by atoms with E-state index in [9.17, 15) is 0 Å². The zero-order valence-electron chi connectivity index (χ0n) is 6.26. The summed E-state index contributed by atoms with van der Waals surface area (Å²) in [6.45, 7) is 0. The molecule has 0 aliphatic carbocycles. The number of nitrogens with one attached hydrogen (secondary N) is 4. The Hall–Kier alpha value is -0.650. The minimum Gasteiger partial charge on any atom is -0.221 e. The van der Waals surface area contributed by atoms with Crippen molar-refractivity contribution in [1.29, 1.82) is 0 Å². The summed E-state index contributed by atoms with van der Waals surface area (Å²) in [5, 5.41) is 0.739. The molecule has 0 atom stereocenters. The second kappa shape index (κ2) is 3.38. The van der Waals surface area contributed by atoms with Gasteiger partial charge in [0.1, 0.15) is 6.17 Å². The summed E-state index contributed by atoms with van der Waals surface area (Å²) < 4.78 is 0. The Labute approximate surface area is 75.2 Å². The first-order chi connectivity index (χ1) is 5.86. The van der Waals surface area contributed by atoms with Crippen molar-refractivity contribution >= 4 is 11.6 Å². The van der Waals surface area contributed by atoms with Gasteiger partial charge >= 0.3 is 0 Å². The summed E-state index contributed by atoms with van der Waals surface area (Å²) >= 11 is 5.83. The first-order valence-electron chi connectivity index (χ1n) is 3.63. The van der Waals surface area contributed by atoms with Gasteiger partial charge in [-0.2, -0.15) is 11.1 Å². The SMILES string of the molecule is Clc1cccc(C2NNNN2)c1. The monoisotopic (exact) mass is 184 g/mol. The van der Waals surface area contributed by atoms with Gasteiger partial charge in [-0.25, -0.2) is 10.9 Å². The molecule has 1 aromatic rings. The molecule has 0 amide bonds. The molecule has 12 heavy (non-hydrogen) atoms. The van der Waals surface area contributed by atoms with E-state index in [2.05, 4.69) is 21.9 Å². The maximum absolute atomic E-state index is 5.83. The van der Waals surface area contributed by atoms with Gasteiger partial charge < -0.3 is 0 Å². The third-order valence-corrected chi connectivity index (χ3v) is 1.91. The van der Waals surface area contributed by atoms with Crippen LogP contribution in [0.3, 0.4) is 0 Å². The lowest BCUT2D eigenvalue weighted by Crippen LogP contribution is -2.33. The Morgan fingerprint density at radius 3 is 2.58 bits per heavy atom. The lowest BCUT2D eigenvalue weighted by Gasteiger charge is -2.08. The standard InChI is InChI=1S/C7H9ClN4/c8-6-3-1-2-5(4-6)7-9-11-12-10-7/h1-4,7,9-12H. The maximum Gasteiger partial charge on any atom is 0.111 e. The minimum atomic E-state index is 0.0590. The third kappa shape index (κ3) is 1.57. The van der Waals surface area contributed by atoms with Gasteiger partial charge in [0.25, 0.3) is 0 Å². The van der Waals surface area contributed by atoms with Crippen LogP contribution in [0.15, 0.2) is 24.3 Å². The van der Waals surface area contributed by atoms with Crippen LogP contribution >= 0.6 is 11.6 Å². The van der Waals surface area contributed by atoms with Crippen LogP contribution in [0.1, 0.15) is 11.7 Å². The van der Waals surface area contributed by atoms with E-state index in [4.69, 9.17) is 11.6 Å². The molecule has 0 aromatic heterocycles. The Morgan fingerprint density at radius 1 is 1.17 bits per heavy atom. The first-order valence-corrected chi connectivity index (χ1v) is 4.00. The molecule has 2 rings (SSSR count). The second-order valence-electron chi connectivity index (χ2n) is 2.53. The molecule has 0 bridgehead atoms. The zero-order chi connectivity index (χ0) is 8.39. The summed E-state index contributed by atoms with van der Waals surface area (Å²) in [6, 6.07) is 7.66. The molecule has 4 N–H and O–H groups in total. The molecular weight excluding hydrogens is 176 g/mol. The van der Waals surface area contributed by atoms with Crippen molar-refractivity contribution in [2.75, 3.05) is 0 Å². The fraction of sp³-hybridized carbons (Fsp3) is 0.143. The van der Waals surface area contributed by atoms with Crippen molar-refractivity contribution in [2.24, 2.45) is 0 Å². The van der Waals surface area contributed by atoms with Crippen LogP contribution in [-0.4, -0.2) is 0 Å². The second-order valence-corrected chi connectivity index (χ2v) is 2.96. The van der Waals surface area contributed by atoms with E-state index in [-0.39, 0.29) is 6.17 Å². The Morgan fingerprint density at radius 2 is 1.92 bits per heavy atom. The van der Waals surface area contributed by atoms with Gasteiger partial charge in [0.05, 0.1) is 0 Å². The molecule has 5 heteroatoms. The van der Waals surface area contributed by atoms with E-state index in [1.807, 2.05) is 24.3 Å². The molecule has 1 aliphatic rings. The van der Waals surface area contributed by atoms with Crippen molar-refractivity contribution in [3.8, 4) is 0 Å².